The van der Waals surface area contributed by atoms with Crippen LogP contribution < -0.4 is 10.2 Å². The van der Waals surface area contributed by atoms with E-state index in [2.05, 4.69) is 22.1 Å². The average molecular weight is 315 g/mol. The summed E-state index contributed by atoms with van der Waals surface area (Å²) in [7, 11) is 0. The lowest BCUT2D eigenvalue weighted by Crippen LogP contribution is -2.36. The third kappa shape index (κ3) is 4.46. The Balaban J connectivity index is 1.65. The normalized spacial score (nSPS) is 23.3. The maximum Gasteiger partial charge on any atom is 0.270 e. The third-order valence-electron chi connectivity index (χ3n) is 5.19. The molecule has 1 unspecified atom stereocenters. The van der Waals surface area contributed by atoms with Crippen LogP contribution in [0.3, 0.4) is 0 Å². The van der Waals surface area contributed by atoms with Crippen LogP contribution in [0.5, 0.6) is 0 Å². The summed E-state index contributed by atoms with van der Waals surface area (Å²) in [4.78, 5) is 19.2. The van der Waals surface area contributed by atoms with Crippen molar-refractivity contribution >= 4 is 11.6 Å². The van der Waals surface area contributed by atoms with Gasteiger partial charge in [-0.15, -0.1) is 0 Å². The van der Waals surface area contributed by atoms with Crippen molar-refractivity contribution in [3.8, 4) is 0 Å². The molecule has 1 aromatic rings. The van der Waals surface area contributed by atoms with E-state index >= 15 is 0 Å². The zero-order valence-corrected chi connectivity index (χ0v) is 14.3. The highest BCUT2D eigenvalue weighted by Crippen LogP contribution is 2.23. The zero-order valence-electron chi connectivity index (χ0n) is 14.3. The molecular formula is C19H29N3O. The molecule has 1 atom stereocenters. The van der Waals surface area contributed by atoms with E-state index in [1.165, 1.54) is 38.5 Å². The maximum absolute atomic E-state index is 12.5. The number of hydrogen-bond donors (Lipinski definition) is 1. The molecule has 2 aliphatic rings. The standard InChI is InChI=1S/C19H29N3O/c1-15-7-6-12-22(14-15)17-10-11-20-18(13-17)19(23)21-16-8-4-2-3-5-9-16/h10-11,13,15-16H,2-9,12,14H2,1H3,(H,21,23). The van der Waals surface area contributed by atoms with Gasteiger partial charge in [-0.25, -0.2) is 0 Å². The molecule has 126 valence electrons. The summed E-state index contributed by atoms with van der Waals surface area (Å²) >= 11 is 0. The smallest absolute Gasteiger partial charge is 0.270 e. The van der Waals surface area contributed by atoms with Gasteiger partial charge in [0.2, 0.25) is 0 Å². The molecule has 23 heavy (non-hydrogen) atoms. The maximum atomic E-state index is 12.5. The number of amides is 1. The fourth-order valence-electron chi connectivity index (χ4n) is 3.85. The number of carbonyl (C=O) groups excluding carboxylic acids is 1. The first-order chi connectivity index (χ1) is 11.2. The Morgan fingerprint density at radius 1 is 1.17 bits per heavy atom. The second-order valence-electron chi connectivity index (χ2n) is 7.25. The van der Waals surface area contributed by atoms with Gasteiger partial charge in [-0.2, -0.15) is 0 Å². The van der Waals surface area contributed by atoms with Crippen molar-refractivity contribution in [2.75, 3.05) is 18.0 Å². The molecule has 1 saturated carbocycles. The van der Waals surface area contributed by atoms with Crippen molar-refractivity contribution in [1.82, 2.24) is 10.3 Å². The van der Waals surface area contributed by atoms with Crippen LogP contribution in [0.4, 0.5) is 5.69 Å². The van der Waals surface area contributed by atoms with Crippen LogP contribution >= 0.6 is 0 Å². The summed E-state index contributed by atoms with van der Waals surface area (Å²) in [5.41, 5.74) is 1.70. The van der Waals surface area contributed by atoms with Gasteiger partial charge in [-0.1, -0.05) is 32.6 Å². The number of hydrogen-bond acceptors (Lipinski definition) is 3. The van der Waals surface area contributed by atoms with Gasteiger partial charge < -0.3 is 10.2 Å². The Hall–Kier alpha value is -1.58. The van der Waals surface area contributed by atoms with Crippen molar-refractivity contribution in [2.45, 2.75) is 64.3 Å². The number of nitrogens with one attached hydrogen (secondary N) is 1. The van der Waals surface area contributed by atoms with E-state index in [1.807, 2.05) is 12.1 Å². The molecule has 1 aliphatic carbocycles. The first kappa shape index (κ1) is 16.3. The molecule has 0 bridgehead atoms. The highest BCUT2D eigenvalue weighted by Gasteiger charge is 2.20. The summed E-state index contributed by atoms with van der Waals surface area (Å²) in [5.74, 6) is 0.712. The highest BCUT2D eigenvalue weighted by atomic mass is 16.1. The van der Waals surface area contributed by atoms with Gasteiger partial charge in [0.05, 0.1) is 0 Å². The Labute approximate surface area is 139 Å². The van der Waals surface area contributed by atoms with Crippen molar-refractivity contribution < 1.29 is 4.79 Å². The number of pyridine rings is 1. The molecular weight excluding hydrogens is 286 g/mol. The van der Waals surface area contributed by atoms with E-state index < -0.39 is 0 Å². The van der Waals surface area contributed by atoms with E-state index in [0.717, 1.165) is 37.5 Å². The third-order valence-corrected chi connectivity index (χ3v) is 5.19. The fourth-order valence-corrected chi connectivity index (χ4v) is 3.85. The number of rotatable bonds is 3. The highest BCUT2D eigenvalue weighted by molar-refractivity contribution is 5.93. The number of aromatic nitrogens is 1. The van der Waals surface area contributed by atoms with Gasteiger partial charge in [-0.3, -0.25) is 9.78 Å². The first-order valence-electron chi connectivity index (χ1n) is 9.24. The van der Waals surface area contributed by atoms with Crippen molar-refractivity contribution in [1.29, 1.82) is 0 Å². The van der Waals surface area contributed by atoms with Crippen molar-refractivity contribution in [2.24, 2.45) is 5.92 Å². The summed E-state index contributed by atoms with van der Waals surface area (Å²) in [5, 5.41) is 3.19. The van der Waals surface area contributed by atoms with Crippen LogP contribution in [0.2, 0.25) is 0 Å². The second-order valence-corrected chi connectivity index (χ2v) is 7.25. The fraction of sp³-hybridized carbons (Fsp3) is 0.684. The molecule has 1 saturated heterocycles. The van der Waals surface area contributed by atoms with Crippen LogP contribution in [0.15, 0.2) is 18.3 Å². The lowest BCUT2D eigenvalue weighted by atomic mass is 10.00. The second kappa shape index (κ2) is 7.80. The summed E-state index contributed by atoms with van der Waals surface area (Å²) in [6.45, 7) is 4.46. The van der Waals surface area contributed by atoms with Crippen LogP contribution in [-0.2, 0) is 0 Å². The van der Waals surface area contributed by atoms with Crippen molar-refractivity contribution in [3.63, 3.8) is 0 Å². The molecule has 4 heteroatoms. The molecule has 1 amide bonds. The molecule has 2 fully saturated rings. The number of piperidine rings is 1. The molecule has 1 N–H and O–H groups in total. The molecule has 0 radical (unpaired) electrons. The van der Waals surface area contributed by atoms with Gasteiger partial charge in [0.15, 0.2) is 0 Å². The lowest BCUT2D eigenvalue weighted by molar-refractivity contribution is 0.0928. The zero-order chi connectivity index (χ0) is 16.1. The van der Waals surface area contributed by atoms with E-state index in [-0.39, 0.29) is 5.91 Å². The Morgan fingerprint density at radius 3 is 2.70 bits per heavy atom. The SMILES string of the molecule is CC1CCCN(c2ccnc(C(=O)NC3CCCCCC3)c2)C1. The number of nitrogens with zero attached hydrogens (tertiary/aromatic N) is 2. The molecule has 0 spiro atoms. The predicted molar refractivity (Wildman–Crippen MR) is 93.8 cm³/mol. The first-order valence-corrected chi connectivity index (χ1v) is 9.24. The van der Waals surface area contributed by atoms with Gasteiger partial charge in [0, 0.05) is 31.0 Å². The molecule has 1 aromatic heterocycles. The molecule has 0 aromatic carbocycles. The topological polar surface area (TPSA) is 45.2 Å². The van der Waals surface area contributed by atoms with Gasteiger partial charge in [-0.05, 0) is 43.7 Å². The molecule has 1 aliphatic heterocycles. The summed E-state index contributed by atoms with van der Waals surface area (Å²) < 4.78 is 0. The Kier molecular flexibility index (Phi) is 5.52. The molecule has 3 rings (SSSR count). The largest absolute Gasteiger partial charge is 0.371 e. The van der Waals surface area contributed by atoms with Crippen LogP contribution in [0.1, 0.15) is 68.8 Å². The molecule has 4 nitrogen and oxygen atoms in total. The van der Waals surface area contributed by atoms with E-state index in [1.54, 1.807) is 6.20 Å². The van der Waals surface area contributed by atoms with E-state index in [0.29, 0.717) is 11.7 Å². The Bertz CT molecular complexity index is 523. The van der Waals surface area contributed by atoms with Crippen molar-refractivity contribution in [3.05, 3.63) is 24.0 Å². The minimum absolute atomic E-state index is 0.0104. The van der Waals surface area contributed by atoms with E-state index in [4.69, 9.17) is 0 Å². The van der Waals surface area contributed by atoms with E-state index in [9.17, 15) is 4.79 Å². The van der Waals surface area contributed by atoms with Gasteiger partial charge >= 0.3 is 0 Å². The van der Waals surface area contributed by atoms with Gasteiger partial charge in [0.25, 0.3) is 5.91 Å². The quantitative estimate of drug-likeness (QED) is 0.864. The predicted octanol–water partition coefficient (Wildman–Crippen LogP) is 3.77. The number of anilines is 1. The average Bonchev–Trinajstić information content (AvgIpc) is 2.84. The minimum atomic E-state index is -0.0104. The Morgan fingerprint density at radius 2 is 1.96 bits per heavy atom. The molecule has 2 heterocycles. The minimum Gasteiger partial charge on any atom is -0.371 e. The lowest BCUT2D eigenvalue weighted by Gasteiger charge is -2.32. The number of carbonyl (C=O) groups is 1. The summed E-state index contributed by atoms with van der Waals surface area (Å²) in [6, 6.07) is 4.32. The monoisotopic (exact) mass is 315 g/mol. The van der Waals surface area contributed by atoms with Gasteiger partial charge in [0.1, 0.15) is 5.69 Å². The van der Waals surface area contributed by atoms with Crippen LogP contribution in [0.25, 0.3) is 0 Å². The summed E-state index contributed by atoms with van der Waals surface area (Å²) in [6.07, 6.45) is 11.6. The van der Waals surface area contributed by atoms with Crippen LogP contribution in [-0.4, -0.2) is 30.0 Å². The van der Waals surface area contributed by atoms with Crippen LogP contribution in [0, 0.1) is 5.92 Å².